The van der Waals surface area contributed by atoms with Crippen LogP contribution in [0.2, 0.25) is 0 Å². The van der Waals surface area contributed by atoms with E-state index in [0.29, 0.717) is 22.7 Å². The zero-order valence-corrected chi connectivity index (χ0v) is 13.1. The summed E-state index contributed by atoms with van der Waals surface area (Å²) in [5.41, 5.74) is 0.345. The van der Waals surface area contributed by atoms with Gasteiger partial charge in [-0.1, -0.05) is 0 Å². The standard InChI is InChI=1S/C16H14N4O4/c1-23-14-6-12(20-13(9-19)11(7-17)8-18)5-10(16(14)24-2)3-4-15(21)22/h5-6,20H,3-4H2,1-2H3,(H,21,22). The fourth-order valence-corrected chi connectivity index (χ4v) is 1.97. The first-order chi connectivity index (χ1) is 11.5. The van der Waals surface area contributed by atoms with Gasteiger partial charge in [0.2, 0.25) is 0 Å². The molecule has 122 valence electrons. The van der Waals surface area contributed by atoms with Crippen LogP contribution in [0.25, 0.3) is 0 Å². The molecule has 0 unspecified atom stereocenters. The van der Waals surface area contributed by atoms with Gasteiger partial charge < -0.3 is 19.9 Å². The number of allylic oxidation sites excluding steroid dienone is 2. The van der Waals surface area contributed by atoms with Crippen molar-refractivity contribution in [2.75, 3.05) is 19.5 Å². The number of nitrogens with one attached hydrogen (secondary N) is 1. The van der Waals surface area contributed by atoms with Gasteiger partial charge in [-0.25, -0.2) is 0 Å². The van der Waals surface area contributed by atoms with E-state index in [-0.39, 0.29) is 24.1 Å². The first-order valence-corrected chi connectivity index (χ1v) is 6.69. The smallest absolute Gasteiger partial charge is 0.303 e. The van der Waals surface area contributed by atoms with Gasteiger partial charge in [0.15, 0.2) is 17.1 Å². The van der Waals surface area contributed by atoms with Gasteiger partial charge in [0, 0.05) is 23.7 Å². The quantitative estimate of drug-likeness (QED) is 0.725. The van der Waals surface area contributed by atoms with Crippen molar-refractivity contribution in [1.29, 1.82) is 15.8 Å². The highest BCUT2D eigenvalue weighted by molar-refractivity contribution is 5.69. The number of ether oxygens (including phenoxy) is 2. The second-order valence-corrected chi connectivity index (χ2v) is 4.48. The van der Waals surface area contributed by atoms with Crippen LogP contribution in [0.15, 0.2) is 23.4 Å². The van der Waals surface area contributed by atoms with Gasteiger partial charge in [-0.15, -0.1) is 0 Å². The zero-order chi connectivity index (χ0) is 18.1. The van der Waals surface area contributed by atoms with E-state index in [9.17, 15) is 4.79 Å². The van der Waals surface area contributed by atoms with Crippen molar-refractivity contribution < 1.29 is 19.4 Å². The summed E-state index contributed by atoms with van der Waals surface area (Å²) in [6.07, 6.45) is 0.0604. The average molecular weight is 326 g/mol. The first-order valence-electron chi connectivity index (χ1n) is 6.69. The number of nitrogens with zero attached hydrogens (tertiary/aromatic N) is 3. The summed E-state index contributed by atoms with van der Waals surface area (Å²) in [6, 6.07) is 8.10. The number of carboxylic acid groups (broad SMARTS) is 1. The van der Waals surface area contributed by atoms with Crippen molar-refractivity contribution in [3.63, 3.8) is 0 Å². The molecule has 0 aliphatic rings. The molecular formula is C16H14N4O4. The molecule has 8 heteroatoms. The summed E-state index contributed by atoms with van der Waals surface area (Å²) in [5, 5.41) is 38.3. The fourth-order valence-electron chi connectivity index (χ4n) is 1.97. The summed E-state index contributed by atoms with van der Waals surface area (Å²) in [6.45, 7) is 0. The number of nitriles is 3. The number of hydrogen-bond acceptors (Lipinski definition) is 7. The zero-order valence-electron chi connectivity index (χ0n) is 13.1. The number of benzene rings is 1. The molecule has 0 heterocycles. The maximum Gasteiger partial charge on any atom is 0.303 e. The van der Waals surface area contributed by atoms with Crippen molar-refractivity contribution >= 4 is 11.7 Å². The van der Waals surface area contributed by atoms with Gasteiger partial charge in [0.1, 0.15) is 23.9 Å². The predicted molar refractivity (Wildman–Crippen MR) is 83.0 cm³/mol. The summed E-state index contributed by atoms with van der Waals surface area (Å²) >= 11 is 0. The first kappa shape index (κ1) is 18.3. The normalized spacial score (nSPS) is 8.96. The molecule has 0 amide bonds. The lowest BCUT2D eigenvalue weighted by Crippen LogP contribution is -2.05. The number of aliphatic carboxylic acids is 1. The van der Waals surface area contributed by atoms with Crippen molar-refractivity contribution in [3.8, 4) is 29.7 Å². The van der Waals surface area contributed by atoms with E-state index < -0.39 is 5.97 Å². The summed E-state index contributed by atoms with van der Waals surface area (Å²) in [7, 11) is 2.85. The number of anilines is 1. The topological polar surface area (TPSA) is 139 Å². The second-order valence-electron chi connectivity index (χ2n) is 4.48. The van der Waals surface area contributed by atoms with Crippen molar-refractivity contribution in [3.05, 3.63) is 29.0 Å². The Morgan fingerprint density at radius 1 is 1.17 bits per heavy atom. The van der Waals surface area contributed by atoms with Crippen LogP contribution >= 0.6 is 0 Å². The third-order valence-corrected chi connectivity index (χ3v) is 3.02. The summed E-state index contributed by atoms with van der Waals surface area (Å²) in [5.74, 6) is -0.258. The second kappa shape index (κ2) is 8.67. The van der Waals surface area contributed by atoms with Crippen LogP contribution in [0.4, 0.5) is 5.69 Å². The number of methoxy groups -OCH3 is 2. The molecule has 0 fully saturated rings. The number of hydrogen-bond donors (Lipinski definition) is 2. The van der Waals surface area contributed by atoms with E-state index in [2.05, 4.69) is 5.32 Å². The Kier molecular flexibility index (Phi) is 6.63. The lowest BCUT2D eigenvalue weighted by Gasteiger charge is -2.15. The minimum absolute atomic E-state index is 0.119. The largest absolute Gasteiger partial charge is 0.493 e. The van der Waals surface area contributed by atoms with Gasteiger partial charge >= 0.3 is 5.97 Å². The Morgan fingerprint density at radius 2 is 1.83 bits per heavy atom. The number of carboxylic acids is 1. The van der Waals surface area contributed by atoms with Crippen LogP contribution in [0, 0.1) is 34.0 Å². The monoisotopic (exact) mass is 326 g/mol. The van der Waals surface area contributed by atoms with Crippen LogP contribution < -0.4 is 14.8 Å². The van der Waals surface area contributed by atoms with Crippen LogP contribution in [-0.4, -0.2) is 25.3 Å². The molecule has 2 N–H and O–H groups in total. The van der Waals surface area contributed by atoms with Gasteiger partial charge in [-0.05, 0) is 12.5 Å². The van der Waals surface area contributed by atoms with Crippen molar-refractivity contribution in [1.82, 2.24) is 0 Å². The van der Waals surface area contributed by atoms with E-state index in [0.717, 1.165) is 0 Å². The number of aryl methyl sites for hydroxylation is 1. The third kappa shape index (κ3) is 4.40. The van der Waals surface area contributed by atoms with E-state index in [1.165, 1.54) is 20.3 Å². The molecule has 0 bridgehead atoms. The van der Waals surface area contributed by atoms with Gasteiger partial charge in [-0.3, -0.25) is 4.79 Å². The van der Waals surface area contributed by atoms with Crippen LogP contribution in [0.3, 0.4) is 0 Å². The van der Waals surface area contributed by atoms with E-state index in [1.807, 2.05) is 0 Å². The fraction of sp³-hybridized carbons (Fsp3) is 0.250. The highest BCUT2D eigenvalue weighted by Crippen LogP contribution is 2.35. The predicted octanol–water partition coefficient (Wildman–Crippen LogP) is 1.96. The maximum absolute atomic E-state index is 10.8. The summed E-state index contributed by atoms with van der Waals surface area (Å²) < 4.78 is 10.5. The van der Waals surface area contributed by atoms with Gasteiger partial charge in [0.05, 0.1) is 14.2 Å². The molecule has 0 aliphatic carbocycles. The molecule has 0 saturated carbocycles. The minimum Gasteiger partial charge on any atom is -0.493 e. The van der Waals surface area contributed by atoms with Crippen LogP contribution in [-0.2, 0) is 11.2 Å². The Hall–Kier alpha value is -3.70. The molecule has 8 nitrogen and oxygen atoms in total. The van der Waals surface area contributed by atoms with E-state index >= 15 is 0 Å². The Bertz CT molecular complexity index is 778. The van der Waals surface area contributed by atoms with Gasteiger partial charge in [0.25, 0.3) is 0 Å². The molecule has 0 atom stereocenters. The molecular weight excluding hydrogens is 312 g/mol. The third-order valence-electron chi connectivity index (χ3n) is 3.02. The van der Waals surface area contributed by atoms with Crippen LogP contribution in [0.1, 0.15) is 12.0 Å². The summed E-state index contributed by atoms with van der Waals surface area (Å²) in [4.78, 5) is 10.8. The minimum atomic E-state index is -0.969. The maximum atomic E-state index is 10.8. The Labute approximate surface area is 138 Å². The highest BCUT2D eigenvalue weighted by Gasteiger charge is 2.15. The molecule has 0 spiro atoms. The molecule has 0 saturated heterocycles. The van der Waals surface area contributed by atoms with Crippen LogP contribution in [0.5, 0.6) is 11.5 Å². The lowest BCUT2D eigenvalue weighted by atomic mass is 10.1. The molecule has 1 rings (SSSR count). The highest BCUT2D eigenvalue weighted by atomic mass is 16.5. The SMILES string of the molecule is COc1cc(NC(C#N)=C(C#N)C#N)cc(CCC(=O)O)c1OC. The lowest BCUT2D eigenvalue weighted by molar-refractivity contribution is -0.136. The molecule has 24 heavy (non-hydrogen) atoms. The molecule has 0 aromatic heterocycles. The number of rotatable bonds is 7. The van der Waals surface area contributed by atoms with Crippen molar-refractivity contribution in [2.45, 2.75) is 12.8 Å². The molecule has 1 aromatic carbocycles. The average Bonchev–Trinajstić information content (AvgIpc) is 2.59. The Morgan fingerprint density at radius 3 is 2.29 bits per heavy atom. The van der Waals surface area contributed by atoms with E-state index in [1.54, 1.807) is 24.3 Å². The van der Waals surface area contributed by atoms with E-state index in [4.69, 9.17) is 30.4 Å². The molecule has 0 aliphatic heterocycles. The van der Waals surface area contributed by atoms with Crippen molar-refractivity contribution in [2.24, 2.45) is 0 Å². The van der Waals surface area contributed by atoms with Gasteiger partial charge in [-0.2, -0.15) is 15.8 Å². The number of carbonyl (C=O) groups is 1. The molecule has 0 radical (unpaired) electrons. The Balaban J connectivity index is 3.35. The molecule has 1 aromatic rings.